The average molecular weight is 457 g/mol. The predicted octanol–water partition coefficient (Wildman–Crippen LogP) is 6.08. The summed E-state index contributed by atoms with van der Waals surface area (Å²) in [6.07, 6.45) is 3.74. The van der Waals surface area contributed by atoms with Crippen LogP contribution in [-0.4, -0.2) is 12.5 Å². The van der Waals surface area contributed by atoms with Gasteiger partial charge in [0.2, 0.25) is 0 Å². The number of anilines is 1. The van der Waals surface area contributed by atoms with E-state index in [1.54, 1.807) is 12.1 Å². The van der Waals surface area contributed by atoms with Crippen LogP contribution in [0.4, 0.5) is 10.1 Å². The zero-order valence-electron chi connectivity index (χ0n) is 18.9. The van der Waals surface area contributed by atoms with E-state index >= 15 is 0 Å². The van der Waals surface area contributed by atoms with E-state index in [1.807, 2.05) is 49.4 Å². The molecule has 0 aliphatic carbocycles. The number of rotatable bonds is 10. The van der Waals surface area contributed by atoms with Crippen molar-refractivity contribution >= 4 is 17.7 Å². The van der Waals surface area contributed by atoms with E-state index in [0.29, 0.717) is 42.4 Å². The maximum absolute atomic E-state index is 13.1. The monoisotopic (exact) mass is 456 g/mol. The Morgan fingerprint density at radius 1 is 1.12 bits per heavy atom. The van der Waals surface area contributed by atoms with Crippen molar-refractivity contribution in [3.8, 4) is 17.6 Å². The molecule has 1 amide bonds. The van der Waals surface area contributed by atoms with Crippen LogP contribution < -0.4 is 14.8 Å². The number of hydrogen-bond donors (Lipinski definition) is 1. The van der Waals surface area contributed by atoms with E-state index in [1.165, 1.54) is 30.3 Å². The Hall–Kier alpha value is -4.37. The highest BCUT2D eigenvalue weighted by molar-refractivity contribution is 6.09. The topological polar surface area (TPSA) is 71.4 Å². The van der Waals surface area contributed by atoms with Crippen molar-refractivity contribution in [1.29, 1.82) is 5.26 Å². The molecule has 0 saturated heterocycles. The number of ether oxygens (including phenoxy) is 2. The van der Waals surface area contributed by atoms with Crippen LogP contribution in [0.1, 0.15) is 23.6 Å². The largest absolute Gasteiger partial charge is 0.490 e. The third-order valence-electron chi connectivity index (χ3n) is 4.82. The van der Waals surface area contributed by atoms with E-state index in [0.717, 1.165) is 11.1 Å². The van der Waals surface area contributed by atoms with Crippen LogP contribution in [0.2, 0.25) is 0 Å². The molecule has 0 bridgehead atoms. The Morgan fingerprint density at radius 3 is 2.50 bits per heavy atom. The molecule has 0 unspecified atom stereocenters. The fraction of sp³-hybridized carbons (Fsp3) is 0.143. The standard InChI is InChI=1S/C28H25FN2O3/c1-3-8-22-15-21(16-23(18-30)28(32)31-25-13-11-24(29)12-14-25)17-26(33-4-2)27(22)34-19-20-9-6-5-7-10-20/h3,5-7,9-17H,1,4,8,19H2,2H3,(H,31,32)/b23-16+. The molecule has 0 fully saturated rings. The predicted molar refractivity (Wildman–Crippen MR) is 131 cm³/mol. The maximum Gasteiger partial charge on any atom is 0.266 e. The number of amides is 1. The number of nitrogens with zero attached hydrogens (tertiary/aromatic N) is 1. The van der Waals surface area contributed by atoms with E-state index < -0.39 is 11.7 Å². The first-order valence-corrected chi connectivity index (χ1v) is 10.8. The second-order valence-corrected chi connectivity index (χ2v) is 7.34. The molecule has 0 radical (unpaired) electrons. The molecular formula is C28H25FN2O3. The first-order chi connectivity index (χ1) is 16.5. The lowest BCUT2D eigenvalue weighted by molar-refractivity contribution is -0.112. The molecule has 0 aliphatic heterocycles. The first kappa shape index (κ1) is 24.3. The van der Waals surface area contributed by atoms with Gasteiger partial charge in [-0.05, 0) is 66.9 Å². The Labute approximate surface area is 198 Å². The van der Waals surface area contributed by atoms with Crippen molar-refractivity contribution in [3.05, 3.63) is 107 Å². The number of benzene rings is 3. The fourth-order valence-electron chi connectivity index (χ4n) is 3.28. The van der Waals surface area contributed by atoms with Crippen LogP contribution in [-0.2, 0) is 17.8 Å². The summed E-state index contributed by atoms with van der Waals surface area (Å²) in [5.74, 6) is 0.0980. The highest BCUT2D eigenvalue weighted by atomic mass is 19.1. The van der Waals surface area contributed by atoms with Gasteiger partial charge in [-0.15, -0.1) is 6.58 Å². The van der Waals surface area contributed by atoms with Crippen LogP contribution in [0.5, 0.6) is 11.5 Å². The number of hydrogen-bond acceptors (Lipinski definition) is 4. The summed E-state index contributed by atoms with van der Waals surface area (Å²) in [6.45, 7) is 6.47. The van der Waals surface area contributed by atoms with E-state index in [-0.39, 0.29) is 5.57 Å². The molecule has 3 rings (SSSR count). The summed E-state index contributed by atoms with van der Waals surface area (Å²) in [5.41, 5.74) is 2.73. The van der Waals surface area contributed by atoms with E-state index in [9.17, 15) is 14.4 Å². The molecule has 0 spiro atoms. The van der Waals surface area contributed by atoms with Crippen LogP contribution in [0.15, 0.2) is 85.0 Å². The summed E-state index contributed by atoms with van der Waals surface area (Å²) < 4.78 is 25.1. The van der Waals surface area contributed by atoms with Gasteiger partial charge >= 0.3 is 0 Å². The van der Waals surface area contributed by atoms with Gasteiger partial charge in [-0.25, -0.2) is 4.39 Å². The first-order valence-electron chi connectivity index (χ1n) is 10.8. The lowest BCUT2D eigenvalue weighted by atomic mass is 10.0. The number of nitrogens with one attached hydrogen (secondary N) is 1. The van der Waals surface area contributed by atoms with Gasteiger partial charge in [0.25, 0.3) is 5.91 Å². The van der Waals surface area contributed by atoms with E-state index in [2.05, 4.69) is 11.9 Å². The number of halogens is 1. The lowest BCUT2D eigenvalue weighted by Gasteiger charge is -2.17. The second kappa shape index (κ2) is 12.0. The Balaban J connectivity index is 1.92. The minimum Gasteiger partial charge on any atom is -0.490 e. The Morgan fingerprint density at radius 2 is 1.85 bits per heavy atom. The Kier molecular flexibility index (Phi) is 8.59. The molecule has 0 aliphatic rings. The quantitative estimate of drug-likeness (QED) is 0.228. The van der Waals surface area contributed by atoms with Gasteiger partial charge < -0.3 is 14.8 Å². The smallest absolute Gasteiger partial charge is 0.266 e. The maximum atomic E-state index is 13.1. The minimum atomic E-state index is -0.596. The zero-order valence-corrected chi connectivity index (χ0v) is 18.9. The molecule has 6 heteroatoms. The van der Waals surface area contributed by atoms with Gasteiger partial charge in [-0.3, -0.25) is 4.79 Å². The summed E-state index contributed by atoms with van der Waals surface area (Å²) >= 11 is 0. The fourth-order valence-corrected chi connectivity index (χ4v) is 3.28. The summed E-state index contributed by atoms with van der Waals surface area (Å²) in [4.78, 5) is 12.6. The van der Waals surface area contributed by atoms with Gasteiger partial charge in [-0.1, -0.05) is 36.4 Å². The molecule has 3 aromatic carbocycles. The molecule has 0 heterocycles. The highest BCUT2D eigenvalue weighted by Crippen LogP contribution is 2.35. The van der Waals surface area contributed by atoms with Crippen LogP contribution in [0.3, 0.4) is 0 Å². The highest BCUT2D eigenvalue weighted by Gasteiger charge is 2.15. The van der Waals surface area contributed by atoms with Gasteiger partial charge in [-0.2, -0.15) is 5.26 Å². The van der Waals surface area contributed by atoms with Crippen molar-refractivity contribution in [3.63, 3.8) is 0 Å². The average Bonchev–Trinajstić information content (AvgIpc) is 2.84. The lowest BCUT2D eigenvalue weighted by Crippen LogP contribution is -2.13. The molecule has 172 valence electrons. The molecule has 0 atom stereocenters. The number of carbonyl (C=O) groups excluding carboxylic acids is 1. The molecule has 0 aromatic heterocycles. The van der Waals surface area contributed by atoms with Crippen LogP contribution >= 0.6 is 0 Å². The third-order valence-corrected chi connectivity index (χ3v) is 4.82. The van der Waals surface area contributed by atoms with Crippen molar-refractivity contribution in [2.75, 3.05) is 11.9 Å². The summed E-state index contributed by atoms with van der Waals surface area (Å²) in [5, 5.41) is 12.2. The van der Waals surface area contributed by atoms with Gasteiger partial charge in [0, 0.05) is 11.3 Å². The van der Waals surface area contributed by atoms with Crippen molar-refractivity contribution < 1.29 is 18.7 Å². The van der Waals surface area contributed by atoms with Crippen LogP contribution in [0, 0.1) is 17.1 Å². The zero-order chi connectivity index (χ0) is 24.3. The number of nitriles is 1. The molecular weight excluding hydrogens is 431 g/mol. The van der Waals surface area contributed by atoms with Gasteiger partial charge in [0.1, 0.15) is 24.1 Å². The van der Waals surface area contributed by atoms with Gasteiger partial charge in [0.05, 0.1) is 6.61 Å². The van der Waals surface area contributed by atoms with Crippen molar-refractivity contribution in [1.82, 2.24) is 0 Å². The number of allylic oxidation sites excluding steroid dienone is 1. The molecule has 3 aromatic rings. The number of carbonyl (C=O) groups is 1. The second-order valence-electron chi connectivity index (χ2n) is 7.34. The van der Waals surface area contributed by atoms with Crippen molar-refractivity contribution in [2.45, 2.75) is 20.0 Å². The minimum absolute atomic E-state index is 0.103. The molecule has 0 saturated carbocycles. The third kappa shape index (κ3) is 6.57. The van der Waals surface area contributed by atoms with E-state index in [4.69, 9.17) is 9.47 Å². The normalized spacial score (nSPS) is 10.8. The molecule has 1 N–H and O–H groups in total. The van der Waals surface area contributed by atoms with Crippen molar-refractivity contribution in [2.24, 2.45) is 0 Å². The SMILES string of the molecule is C=CCc1cc(/C=C(\C#N)C(=O)Nc2ccc(F)cc2)cc(OCC)c1OCc1ccccc1. The summed E-state index contributed by atoms with van der Waals surface area (Å²) in [7, 11) is 0. The van der Waals surface area contributed by atoms with Crippen LogP contribution in [0.25, 0.3) is 6.08 Å². The molecule has 5 nitrogen and oxygen atoms in total. The molecule has 34 heavy (non-hydrogen) atoms. The Bertz CT molecular complexity index is 1210. The van der Waals surface area contributed by atoms with Gasteiger partial charge in [0.15, 0.2) is 11.5 Å². The summed E-state index contributed by atoms with van der Waals surface area (Å²) in [6, 6.07) is 20.6.